The summed E-state index contributed by atoms with van der Waals surface area (Å²) in [5, 5.41) is 18.7. The summed E-state index contributed by atoms with van der Waals surface area (Å²) in [4.78, 5) is 19.6. The molecule has 100 valence electrons. The van der Waals surface area contributed by atoms with Crippen molar-refractivity contribution in [2.75, 3.05) is 19.2 Å². The van der Waals surface area contributed by atoms with Gasteiger partial charge in [0.15, 0.2) is 0 Å². The van der Waals surface area contributed by atoms with Crippen LogP contribution in [-0.4, -0.2) is 45.7 Å². The fraction of sp³-hybridized carbons (Fsp3) is 0.600. The number of nitrogens with one attached hydrogen (secondary N) is 1. The average Bonchev–Trinajstić information content (AvgIpc) is 2.71. The molecule has 1 saturated heterocycles. The molecule has 0 amide bonds. The van der Waals surface area contributed by atoms with Crippen LogP contribution in [0, 0.1) is 0 Å². The summed E-state index contributed by atoms with van der Waals surface area (Å²) in [5.74, 6) is 0.181. The van der Waals surface area contributed by atoms with Crippen LogP contribution in [0.1, 0.15) is 12.6 Å². The molecule has 8 heteroatoms. The molecule has 0 unspecified atom stereocenters. The maximum atomic E-state index is 11.2. The van der Waals surface area contributed by atoms with Crippen molar-refractivity contribution in [1.29, 1.82) is 0 Å². The summed E-state index contributed by atoms with van der Waals surface area (Å²) >= 11 is 0. The zero-order chi connectivity index (χ0) is 13.1. The standard InChI is InChI=1S/C10H15N3O5/c1-17-12-10-11-8(16)2-3-13(10)9-4-6(15)7(5-14)18-9/h2-3,6-7,9,14-15H,4-5H2,1H3,(H,11,12,16)/t6-,7+,9+/m0/s1. The van der Waals surface area contributed by atoms with Crippen molar-refractivity contribution in [3.63, 3.8) is 0 Å². The molecule has 8 nitrogen and oxygen atoms in total. The minimum atomic E-state index is -0.755. The topological polar surface area (TPSA) is 106 Å². The Hall–Kier alpha value is -1.48. The highest BCUT2D eigenvalue weighted by Crippen LogP contribution is 2.29. The van der Waals surface area contributed by atoms with E-state index < -0.39 is 24.0 Å². The van der Waals surface area contributed by atoms with Gasteiger partial charge in [-0.2, -0.15) is 4.98 Å². The fourth-order valence-electron chi connectivity index (χ4n) is 1.86. The Labute approximate surface area is 103 Å². The monoisotopic (exact) mass is 257 g/mol. The summed E-state index contributed by atoms with van der Waals surface area (Å²) < 4.78 is 6.99. The zero-order valence-corrected chi connectivity index (χ0v) is 9.81. The summed E-state index contributed by atoms with van der Waals surface area (Å²) in [5.41, 5.74) is 2.06. The second kappa shape index (κ2) is 5.44. The molecular formula is C10H15N3O5. The molecule has 1 aliphatic rings. The van der Waals surface area contributed by atoms with Crippen LogP contribution in [0.2, 0.25) is 0 Å². The number of hydrogen-bond acceptors (Lipinski definition) is 7. The number of hydrogen-bond donors (Lipinski definition) is 3. The van der Waals surface area contributed by atoms with Gasteiger partial charge in [-0.05, 0) is 0 Å². The van der Waals surface area contributed by atoms with E-state index in [4.69, 9.17) is 14.7 Å². The SMILES string of the molecule is CONc1nc(=O)ccn1[C@H]1C[C@H](O)[C@@H](CO)O1. The molecule has 0 bridgehead atoms. The lowest BCUT2D eigenvalue weighted by molar-refractivity contribution is -0.0445. The number of anilines is 1. The Bertz CT molecular complexity index is 463. The van der Waals surface area contributed by atoms with E-state index in [0.29, 0.717) is 6.42 Å². The number of rotatable bonds is 4. The van der Waals surface area contributed by atoms with Crippen LogP contribution in [0.4, 0.5) is 5.95 Å². The molecule has 1 aliphatic heterocycles. The quantitative estimate of drug-likeness (QED) is 0.585. The lowest BCUT2D eigenvalue weighted by Gasteiger charge is -2.18. The smallest absolute Gasteiger partial charge is 0.274 e. The first-order valence-corrected chi connectivity index (χ1v) is 5.48. The molecular weight excluding hydrogens is 242 g/mol. The van der Waals surface area contributed by atoms with E-state index >= 15 is 0 Å². The van der Waals surface area contributed by atoms with E-state index in [1.807, 2.05) is 0 Å². The minimum Gasteiger partial charge on any atom is -0.394 e. The average molecular weight is 257 g/mol. The molecule has 1 fully saturated rings. The van der Waals surface area contributed by atoms with E-state index in [0.717, 1.165) is 0 Å². The van der Waals surface area contributed by atoms with Crippen molar-refractivity contribution >= 4 is 5.95 Å². The van der Waals surface area contributed by atoms with Crippen molar-refractivity contribution in [2.24, 2.45) is 0 Å². The van der Waals surface area contributed by atoms with Gasteiger partial charge in [-0.15, -0.1) is 0 Å². The number of aromatic nitrogens is 2. The first kappa shape index (κ1) is 13.0. The molecule has 1 aromatic heterocycles. The Morgan fingerprint density at radius 1 is 1.72 bits per heavy atom. The van der Waals surface area contributed by atoms with Crippen molar-refractivity contribution < 1.29 is 19.8 Å². The van der Waals surface area contributed by atoms with Crippen LogP contribution in [-0.2, 0) is 9.57 Å². The molecule has 0 saturated carbocycles. The van der Waals surface area contributed by atoms with Gasteiger partial charge >= 0.3 is 0 Å². The molecule has 2 rings (SSSR count). The normalized spacial score (nSPS) is 27.4. The summed E-state index contributed by atoms with van der Waals surface area (Å²) in [6.07, 6.45) is -0.107. The largest absolute Gasteiger partial charge is 0.394 e. The highest BCUT2D eigenvalue weighted by atomic mass is 16.6. The lowest BCUT2D eigenvalue weighted by Crippen LogP contribution is -2.24. The predicted octanol–water partition coefficient (Wildman–Crippen LogP) is -1.14. The Morgan fingerprint density at radius 2 is 2.50 bits per heavy atom. The van der Waals surface area contributed by atoms with Gasteiger partial charge in [0.2, 0.25) is 5.95 Å². The first-order valence-electron chi connectivity index (χ1n) is 5.48. The van der Waals surface area contributed by atoms with Crippen molar-refractivity contribution in [3.8, 4) is 0 Å². The molecule has 3 atom stereocenters. The summed E-state index contributed by atoms with van der Waals surface area (Å²) in [6.45, 7) is -0.266. The molecule has 0 spiro atoms. The van der Waals surface area contributed by atoms with Gasteiger partial charge in [-0.3, -0.25) is 14.2 Å². The molecule has 3 N–H and O–H groups in total. The van der Waals surface area contributed by atoms with Gasteiger partial charge < -0.3 is 14.9 Å². The second-order valence-electron chi connectivity index (χ2n) is 3.92. The highest BCUT2D eigenvalue weighted by Gasteiger charge is 2.35. The Morgan fingerprint density at radius 3 is 3.11 bits per heavy atom. The van der Waals surface area contributed by atoms with Crippen LogP contribution in [0.5, 0.6) is 0 Å². The zero-order valence-electron chi connectivity index (χ0n) is 9.81. The van der Waals surface area contributed by atoms with E-state index in [2.05, 4.69) is 10.5 Å². The lowest BCUT2D eigenvalue weighted by atomic mass is 10.2. The molecule has 0 aliphatic carbocycles. The highest BCUT2D eigenvalue weighted by molar-refractivity contribution is 5.22. The molecule has 1 aromatic rings. The van der Waals surface area contributed by atoms with Crippen molar-refractivity contribution in [3.05, 3.63) is 22.6 Å². The van der Waals surface area contributed by atoms with Crippen molar-refractivity contribution in [2.45, 2.75) is 24.9 Å². The third-order valence-corrected chi connectivity index (χ3v) is 2.73. The van der Waals surface area contributed by atoms with Crippen LogP contribution in [0.15, 0.2) is 17.1 Å². The van der Waals surface area contributed by atoms with Crippen LogP contribution in [0.3, 0.4) is 0 Å². The van der Waals surface area contributed by atoms with E-state index in [1.54, 1.807) is 0 Å². The van der Waals surface area contributed by atoms with Crippen LogP contribution in [0.25, 0.3) is 0 Å². The maximum absolute atomic E-state index is 11.2. The van der Waals surface area contributed by atoms with Gasteiger partial charge in [0, 0.05) is 18.7 Å². The molecule has 2 heterocycles. The molecule has 18 heavy (non-hydrogen) atoms. The van der Waals surface area contributed by atoms with Gasteiger partial charge in [-0.25, -0.2) is 5.48 Å². The van der Waals surface area contributed by atoms with E-state index in [9.17, 15) is 9.90 Å². The molecule has 0 aromatic carbocycles. The summed E-state index contributed by atoms with van der Waals surface area (Å²) in [6, 6.07) is 1.28. The Balaban J connectivity index is 2.25. The van der Waals surface area contributed by atoms with Crippen LogP contribution >= 0.6 is 0 Å². The Kier molecular flexibility index (Phi) is 3.92. The number of nitrogens with zero attached hydrogens (tertiary/aromatic N) is 2. The van der Waals surface area contributed by atoms with E-state index in [-0.39, 0.29) is 12.6 Å². The van der Waals surface area contributed by atoms with Crippen LogP contribution < -0.4 is 11.0 Å². The second-order valence-corrected chi connectivity index (χ2v) is 3.92. The van der Waals surface area contributed by atoms with Gasteiger partial charge in [0.25, 0.3) is 5.56 Å². The maximum Gasteiger partial charge on any atom is 0.274 e. The fourth-order valence-corrected chi connectivity index (χ4v) is 1.86. The minimum absolute atomic E-state index is 0.181. The molecule has 0 radical (unpaired) electrons. The third-order valence-electron chi connectivity index (χ3n) is 2.73. The van der Waals surface area contributed by atoms with Crippen molar-refractivity contribution in [1.82, 2.24) is 9.55 Å². The summed E-state index contributed by atoms with van der Waals surface area (Å²) in [7, 11) is 1.39. The predicted molar refractivity (Wildman–Crippen MR) is 60.7 cm³/mol. The van der Waals surface area contributed by atoms with E-state index in [1.165, 1.54) is 23.9 Å². The number of ether oxygens (including phenoxy) is 1. The van der Waals surface area contributed by atoms with Gasteiger partial charge in [0.1, 0.15) is 12.3 Å². The first-order chi connectivity index (χ1) is 8.65. The third kappa shape index (κ3) is 2.51. The number of aliphatic hydroxyl groups is 2. The van der Waals surface area contributed by atoms with Gasteiger partial charge in [-0.1, -0.05) is 0 Å². The number of aliphatic hydroxyl groups excluding tert-OH is 2. The van der Waals surface area contributed by atoms with Gasteiger partial charge in [0.05, 0.1) is 19.8 Å².